The summed E-state index contributed by atoms with van der Waals surface area (Å²) < 4.78 is 0. The maximum Gasteiger partial charge on any atom is 0.313 e. The van der Waals surface area contributed by atoms with Crippen molar-refractivity contribution in [3.8, 4) is 0 Å². The van der Waals surface area contributed by atoms with Crippen molar-refractivity contribution in [2.75, 3.05) is 13.2 Å². The molecule has 0 radical (unpaired) electrons. The Morgan fingerprint density at radius 3 is 2.50 bits per heavy atom. The number of primary amides is 1. The zero-order chi connectivity index (χ0) is 12.8. The van der Waals surface area contributed by atoms with Crippen LogP contribution in [0.15, 0.2) is 0 Å². The predicted octanol–water partition coefficient (Wildman–Crippen LogP) is -1.24. The lowest BCUT2D eigenvalue weighted by Crippen LogP contribution is -2.56. The highest BCUT2D eigenvalue weighted by atomic mass is 16.9. The van der Waals surface area contributed by atoms with Gasteiger partial charge in [-0.05, 0) is 13.8 Å². The summed E-state index contributed by atoms with van der Waals surface area (Å²) in [5.41, 5.74) is 3.69. The van der Waals surface area contributed by atoms with Crippen LogP contribution in [0.1, 0.15) is 13.8 Å². The third-order valence-electron chi connectivity index (χ3n) is 1.59. The maximum absolute atomic E-state index is 11.4. The molecule has 3 amide bonds. The first kappa shape index (κ1) is 13.9. The Kier molecular flexibility index (Phi) is 4.99. The lowest BCUT2D eigenvalue weighted by molar-refractivity contribution is -0.757. The van der Waals surface area contributed by atoms with Gasteiger partial charge in [-0.2, -0.15) is 0 Å². The van der Waals surface area contributed by atoms with Crippen molar-refractivity contribution in [1.82, 2.24) is 10.6 Å². The van der Waals surface area contributed by atoms with Crippen LogP contribution in [-0.4, -0.2) is 35.7 Å². The summed E-state index contributed by atoms with van der Waals surface area (Å²) in [6, 6.07) is -0.832. The molecular formula is C7H14N4O5. The van der Waals surface area contributed by atoms with Crippen molar-refractivity contribution in [2.24, 2.45) is 5.73 Å². The molecule has 9 heteroatoms. The van der Waals surface area contributed by atoms with Crippen molar-refractivity contribution in [1.29, 1.82) is 0 Å². The van der Waals surface area contributed by atoms with Gasteiger partial charge in [0.15, 0.2) is 0 Å². The van der Waals surface area contributed by atoms with Gasteiger partial charge in [0, 0.05) is 6.54 Å². The van der Waals surface area contributed by atoms with Crippen LogP contribution < -0.4 is 16.4 Å². The number of carbonyl (C=O) groups is 2. The molecule has 0 rings (SSSR count). The van der Waals surface area contributed by atoms with E-state index in [9.17, 15) is 19.7 Å². The molecule has 0 unspecified atom stereocenters. The molecule has 4 N–H and O–H groups in total. The predicted molar refractivity (Wildman–Crippen MR) is 52.8 cm³/mol. The average molecular weight is 234 g/mol. The Morgan fingerprint density at radius 2 is 2.06 bits per heavy atom. The van der Waals surface area contributed by atoms with Gasteiger partial charge in [0.1, 0.15) is 12.1 Å². The number of nitrogens with zero attached hydrogens (tertiary/aromatic N) is 1. The summed E-state index contributed by atoms with van der Waals surface area (Å²) >= 11 is 0. The summed E-state index contributed by atoms with van der Waals surface area (Å²) in [5.74, 6) is -0.516. The van der Waals surface area contributed by atoms with Crippen LogP contribution in [0.4, 0.5) is 4.79 Å². The summed E-state index contributed by atoms with van der Waals surface area (Å²) in [6.45, 7) is 2.60. The van der Waals surface area contributed by atoms with Crippen LogP contribution in [0.25, 0.3) is 0 Å². The van der Waals surface area contributed by atoms with Crippen LogP contribution in [0.2, 0.25) is 0 Å². The Hall–Kier alpha value is -2.06. The summed E-state index contributed by atoms with van der Waals surface area (Å²) in [4.78, 5) is 35.8. The van der Waals surface area contributed by atoms with E-state index in [1.54, 1.807) is 0 Å². The topological polar surface area (TPSA) is 137 Å². The first-order chi connectivity index (χ1) is 7.25. The molecule has 16 heavy (non-hydrogen) atoms. The van der Waals surface area contributed by atoms with Gasteiger partial charge in [0.2, 0.25) is 5.91 Å². The zero-order valence-electron chi connectivity index (χ0n) is 8.98. The summed E-state index contributed by atoms with van der Waals surface area (Å²) in [7, 11) is 0. The second-order valence-corrected chi connectivity index (χ2v) is 3.43. The molecule has 0 aromatic carbocycles. The monoisotopic (exact) mass is 234 g/mol. The minimum atomic E-state index is -1.18. The smallest absolute Gasteiger partial charge is 0.313 e. The van der Waals surface area contributed by atoms with E-state index in [1.165, 1.54) is 13.8 Å². The highest BCUT2D eigenvalue weighted by molar-refractivity contribution is 5.89. The van der Waals surface area contributed by atoms with E-state index in [1.807, 2.05) is 0 Å². The standard InChI is InChI=1S/C7H14N4O5/c1-7(2,10-6(8)13)5(12)9-3-4-16-11(14)15/h3-4H2,1-2H3,(H,9,12)(H3,8,10,13). The molecular weight excluding hydrogens is 220 g/mol. The number of urea groups is 1. The van der Waals surface area contributed by atoms with Gasteiger partial charge in [-0.25, -0.2) is 4.79 Å². The van der Waals surface area contributed by atoms with E-state index in [-0.39, 0.29) is 13.2 Å². The molecule has 0 aliphatic heterocycles. The molecule has 0 bridgehead atoms. The third-order valence-corrected chi connectivity index (χ3v) is 1.59. The summed E-state index contributed by atoms with van der Waals surface area (Å²) in [5, 5.41) is 13.4. The van der Waals surface area contributed by atoms with E-state index in [0.717, 1.165) is 0 Å². The second kappa shape index (κ2) is 5.73. The Morgan fingerprint density at radius 1 is 1.50 bits per heavy atom. The fourth-order valence-electron chi connectivity index (χ4n) is 0.870. The van der Waals surface area contributed by atoms with Crippen LogP contribution in [0.5, 0.6) is 0 Å². The minimum absolute atomic E-state index is 0.0380. The van der Waals surface area contributed by atoms with Crippen LogP contribution in [0, 0.1) is 10.1 Å². The van der Waals surface area contributed by atoms with Gasteiger partial charge in [-0.15, -0.1) is 10.1 Å². The molecule has 0 aliphatic carbocycles. The number of nitrogens with one attached hydrogen (secondary N) is 2. The van der Waals surface area contributed by atoms with E-state index in [2.05, 4.69) is 15.5 Å². The van der Waals surface area contributed by atoms with Gasteiger partial charge < -0.3 is 21.2 Å². The van der Waals surface area contributed by atoms with E-state index < -0.39 is 22.6 Å². The fourth-order valence-corrected chi connectivity index (χ4v) is 0.870. The number of rotatable bonds is 6. The molecule has 0 aromatic rings. The first-order valence-electron chi connectivity index (χ1n) is 4.39. The lowest BCUT2D eigenvalue weighted by Gasteiger charge is -2.23. The van der Waals surface area contributed by atoms with Crippen molar-refractivity contribution in [3.05, 3.63) is 10.1 Å². The molecule has 0 atom stereocenters. The molecule has 0 saturated carbocycles. The Balaban J connectivity index is 3.95. The molecule has 9 nitrogen and oxygen atoms in total. The fraction of sp³-hybridized carbons (Fsp3) is 0.714. The molecule has 0 fully saturated rings. The molecule has 0 aromatic heterocycles. The Bertz CT molecular complexity index is 291. The summed E-state index contributed by atoms with van der Waals surface area (Å²) in [6.07, 6.45) is 0. The van der Waals surface area contributed by atoms with Gasteiger partial charge in [-0.1, -0.05) is 0 Å². The van der Waals surface area contributed by atoms with Crippen molar-refractivity contribution >= 4 is 11.9 Å². The largest absolute Gasteiger partial charge is 0.352 e. The highest BCUT2D eigenvalue weighted by Crippen LogP contribution is 2.00. The number of amides is 3. The van der Waals surface area contributed by atoms with Gasteiger partial charge in [0.05, 0.1) is 0 Å². The number of hydrogen-bond acceptors (Lipinski definition) is 5. The van der Waals surface area contributed by atoms with E-state index in [0.29, 0.717) is 0 Å². The molecule has 92 valence electrons. The number of nitrogens with two attached hydrogens (primary N) is 1. The van der Waals surface area contributed by atoms with Crippen LogP contribution in [-0.2, 0) is 9.63 Å². The first-order valence-corrected chi connectivity index (χ1v) is 4.39. The molecule has 0 saturated heterocycles. The van der Waals surface area contributed by atoms with Crippen molar-refractivity contribution in [2.45, 2.75) is 19.4 Å². The molecule has 0 heterocycles. The van der Waals surface area contributed by atoms with E-state index in [4.69, 9.17) is 5.73 Å². The lowest BCUT2D eigenvalue weighted by atomic mass is 10.1. The van der Waals surface area contributed by atoms with Gasteiger partial charge >= 0.3 is 6.03 Å². The minimum Gasteiger partial charge on any atom is -0.352 e. The normalized spacial score (nSPS) is 10.4. The number of carbonyl (C=O) groups excluding carboxylic acids is 2. The average Bonchev–Trinajstić information content (AvgIpc) is 2.09. The third kappa shape index (κ3) is 5.62. The molecule has 0 spiro atoms. The van der Waals surface area contributed by atoms with Crippen molar-refractivity contribution in [3.63, 3.8) is 0 Å². The maximum atomic E-state index is 11.4. The molecule has 0 aliphatic rings. The van der Waals surface area contributed by atoms with Crippen LogP contribution >= 0.6 is 0 Å². The van der Waals surface area contributed by atoms with Crippen molar-refractivity contribution < 1.29 is 19.5 Å². The Labute approximate surface area is 91.4 Å². The SMILES string of the molecule is CC(C)(NC(N)=O)C(=O)NCCO[N+](=O)[O-]. The number of hydrogen-bond donors (Lipinski definition) is 3. The van der Waals surface area contributed by atoms with Gasteiger partial charge in [-0.3, -0.25) is 4.79 Å². The second-order valence-electron chi connectivity index (χ2n) is 3.43. The zero-order valence-corrected chi connectivity index (χ0v) is 8.98. The van der Waals surface area contributed by atoms with E-state index >= 15 is 0 Å². The quantitative estimate of drug-likeness (QED) is 0.300. The van der Waals surface area contributed by atoms with Crippen LogP contribution in [0.3, 0.4) is 0 Å². The van der Waals surface area contributed by atoms with Gasteiger partial charge in [0.25, 0.3) is 5.09 Å². The highest BCUT2D eigenvalue weighted by Gasteiger charge is 2.28.